The minimum absolute atomic E-state index is 0.419. The van der Waals surface area contributed by atoms with Gasteiger partial charge in [0.2, 0.25) is 0 Å². The third-order valence-electron chi connectivity index (χ3n) is 2.90. The van der Waals surface area contributed by atoms with Crippen LogP contribution in [0.5, 0.6) is 0 Å². The average Bonchev–Trinajstić information content (AvgIpc) is 3.02. The van der Waals surface area contributed by atoms with Gasteiger partial charge in [0.15, 0.2) is 0 Å². The second kappa shape index (κ2) is 4.18. The van der Waals surface area contributed by atoms with E-state index in [4.69, 9.17) is 0 Å². The van der Waals surface area contributed by atoms with E-state index in [2.05, 4.69) is 59.2 Å². The Labute approximate surface area is 118 Å². The molecule has 18 heavy (non-hydrogen) atoms. The van der Waals surface area contributed by atoms with Gasteiger partial charge in [-0.3, -0.25) is 0 Å². The van der Waals surface area contributed by atoms with Gasteiger partial charge in [0.05, 0.1) is 0 Å². The summed E-state index contributed by atoms with van der Waals surface area (Å²) in [6, 6.07) is 17.2. The van der Waals surface area contributed by atoms with E-state index < -0.39 is 0 Å². The first-order valence-electron chi connectivity index (χ1n) is 5.72. The molecule has 2 nitrogen and oxygen atoms in total. The molecule has 2 N–H and O–H groups in total. The summed E-state index contributed by atoms with van der Waals surface area (Å²) in [6.45, 7) is 0. The summed E-state index contributed by atoms with van der Waals surface area (Å²) >= 11 is 0.839. The van der Waals surface area contributed by atoms with E-state index >= 15 is 0 Å². The molecule has 0 unspecified atom stereocenters. The van der Waals surface area contributed by atoms with Gasteiger partial charge in [0.25, 0.3) is 0 Å². The van der Waals surface area contributed by atoms with Gasteiger partial charge in [-0.15, -0.1) is 0 Å². The number of hydrogen-bond donors (Lipinski definition) is 2. The van der Waals surface area contributed by atoms with E-state index in [0.29, 0.717) is 29.9 Å². The number of anilines is 2. The predicted octanol–water partition coefficient (Wildman–Crippen LogP) is 1.02. The molecule has 4 heteroatoms. The molecule has 0 bridgehead atoms. The van der Waals surface area contributed by atoms with Crippen molar-refractivity contribution in [2.45, 2.75) is 0 Å². The zero-order valence-corrected chi connectivity index (χ0v) is 12.9. The van der Waals surface area contributed by atoms with Crippen LogP contribution in [0.25, 0.3) is 0 Å². The third-order valence-corrected chi connectivity index (χ3v) is 8.11. The SMILES string of the molecule is c1ccc2c(c1)N/C(=C1\Nc3ccccc3[Se]1)[Se]2. The maximum atomic E-state index is 3.57. The molecule has 2 heterocycles. The summed E-state index contributed by atoms with van der Waals surface area (Å²) in [6.07, 6.45) is 0. The van der Waals surface area contributed by atoms with Crippen molar-refractivity contribution in [3.05, 3.63) is 57.7 Å². The van der Waals surface area contributed by atoms with Gasteiger partial charge >= 0.3 is 119 Å². The second-order valence-electron chi connectivity index (χ2n) is 4.10. The van der Waals surface area contributed by atoms with Crippen LogP contribution in [0.15, 0.2) is 57.7 Å². The van der Waals surface area contributed by atoms with Crippen LogP contribution in [-0.2, 0) is 0 Å². The second-order valence-corrected chi connectivity index (χ2v) is 8.52. The van der Waals surface area contributed by atoms with Crippen molar-refractivity contribution in [2.75, 3.05) is 10.6 Å². The van der Waals surface area contributed by atoms with Gasteiger partial charge in [-0.25, -0.2) is 0 Å². The van der Waals surface area contributed by atoms with E-state index in [9.17, 15) is 0 Å². The monoisotopic (exact) mass is 366 g/mol. The average molecular weight is 364 g/mol. The molecule has 4 rings (SSSR count). The molecular weight excluding hydrogens is 354 g/mol. The van der Waals surface area contributed by atoms with Crippen molar-refractivity contribution in [3.8, 4) is 0 Å². The number of nitrogens with one attached hydrogen (secondary N) is 2. The number of para-hydroxylation sites is 2. The Hall–Kier alpha value is -1.18. The van der Waals surface area contributed by atoms with Crippen molar-refractivity contribution < 1.29 is 0 Å². The molecular formula is C14H10N2Se2. The molecule has 2 aromatic carbocycles. The third kappa shape index (κ3) is 1.70. The topological polar surface area (TPSA) is 24.1 Å². The fraction of sp³-hybridized carbons (Fsp3) is 0. The van der Waals surface area contributed by atoms with Gasteiger partial charge in [-0.05, 0) is 0 Å². The fourth-order valence-corrected chi connectivity index (χ4v) is 6.73. The molecule has 0 amide bonds. The Bertz CT molecular complexity index is 553. The van der Waals surface area contributed by atoms with E-state index in [1.54, 1.807) is 0 Å². The van der Waals surface area contributed by atoms with E-state index in [-0.39, 0.29) is 0 Å². The van der Waals surface area contributed by atoms with E-state index in [1.807, 2.05) is 0 Å². The summed E-state index contributed by atoms with van der Waals surface area (Å²) in [7, 11) is 0. The van der Waals surface area contributed by atoms with Crippen molar-refractivity contribution in [1.82, 2.24) is 0 Å². The van der Waals surface area contributed by atoms with Gasteiger partial charge in [0.1, 0.15) is 0 Å². The van der Waals surface area contributed by atoms with Gasteiger partial charge in [-0.2, -0.15) is 0 Å². The Kier molecular flexibility index (Phi) is 2.49. The van der Waals surface area contributed by atoms with Crippen molar-refractivity contribution in [2.24, 2.45) is 0 Å². The Balaban J connectivity index is 1.70. The quantitative estimate of drug-likeness (QED) is 0.683. The zero-order chi connectivity index (χ0) is 11.9. The maximum absolute atomic E-state index is 3.57. The molecule has 88 valence electrons. The van der Waals surface area contributed by atoms with Crippen LogP contribution < -0.4 is 19.6 Å². The van der Waals surface area contributed by atoms with Crippen LogP contribution in [0.2, 0.25) is 0 Å². The van der Waals surface area contributed by atoms with Gasteiger partial charge in [-0.1, -0.05) is 0 Å². The number of rotatable bonds is 0. The molecule has 2 aliphatic rings. The first-order chi connectivity index (χ1) is 8.90. The fourth-order valence-electron chi connectivity index (χ4n) is 2.04. The predicted molar refractivity (Wildman–Crippen MR) is 77.9 cm³/mol. The van der Waals surface area contributed by atoms with E-state index in [1.165, 1.54) is 29.5 Å². The van der Waals surface area contributed by atoms with Gasteiger partial charge in [0, 0.05) is 0 Å². The molecule has 2 aliphatic heterocycles. The molecule has 0 saturated heterocycles. The van der Waals surface area contributed by atoms with Crippen LogP contribution in [0.3, 0.4) is 0 Å². The standard InChI is InChI=1S/C14H10N2Se2/c1-3-7-11-9(5-1)15-13(17-11)14-16-10-6-2-4-8-12(10)18-14/h1-8,15-16H/b14-13-. The summed E-state index contributed by atoms with van der Waals surface area (Å²) in [5.74, 6) is 0. The summed E-state index contributed by atoms with van der Waals surface area (Å²) in [5.41, 5.74) is 2.57. The van der Waals surface area contributed by atoms with Crippen LogP contribution in [0, 0.1) is 0 Å². The molecule has 0 aliphatic carbocycles. The molecule has 0 aromatic heterocycles. The number of fused-ring (bicyclic) bond motifs is 2. The Morgan fingerprint density at radius 1 is 0.611 bits per heavy atom. The van der Waals surface area contributed by atoms with E-state index in [0.717, 1.165) is 0 Å². The summed E-state index contributed by atoms with van der Waals surface area (Å²) in [4.78, 5) is 0. The van der Waals surface area contributed by atoms with Crippen LogP contribution >= 0.6 is 0 Å². The summed E-state index contributed by atoms with van der Waals surface area (Å²) < 4.78 is 5.72. The molecule has 0 atom stereocenters. The van der Waals surface area contributed by atoms with Crippen LogP contribution in [0.4, 0.5) is 11.4 Å². The number of hydrogen-bond acceptors (Lipinski definition) is 2. The Morgan fingerprint density at radius 3 is 1.50 bits per heavy atom. The minimum atomic E-state index is 0.419. The van der Waals surface area contributed by atoms with Crippen LogP contribution in [-0.4, -0.2) is 29.9 Å². The Morgan fingerprint density at radius 2 is 1.06 bits per heavy atom. The first kappa shape index (κ1) is 10.7. The molecule has 2 aromatic rings. The normalized spacial score (nSPS) is 20.0. The first-order valence-corrected chi connectivity index (χ1v) is 9.15. The van der Waals surface area contributed by atoms with Crippen molar-refractivity contribution >= 4 is 50.2 Å². The van der Waals surface area contributed by atoms with Crippen molar-refractivity contribution in [3.63, 3.8) is 0 Å². The van der Waals surface area contributed by atoms with Crippen LogP contribution in [0.1, 0.15) is 0 Å². The molecule has 0 fully saturated rings. The molecule has 0 saturated carbocycles. The molecule has 0 spiro atoms. The van der Waals surface area contributed by atoms with Crippen molar-refractivity contribution in [1.29, 1.82) is 0 Å². The summed E-state index contributed by atoms with van der Waals surface area (Å²) in [5, 5.41) is 7.14. The number of benzene rings is 2. The van der Waals surface area contributed by atoms with Gasteiger partial charge < -0.3 is 0 Å². The zero-order valence-electron chi connectivity index (χ0n) is 9.44. The molecule has 0 radical (unpaired) electrons.